The van der Waals surface area contributed by atoms with Crippen LogP contribution in [0.3, 0.4) is 0 Å². The van der Waals surface area contributed by atoms with Gasteiger partial charge in [0.05, 0.1) is 18.8 Å². The maximum Gasteiger partial charge on any atom is 0.276 e. The number of carbonyl (C=O) groups excluding carboxylic acids is 1. The Balaban J connectivity index is 1.25. The molecule has 3 N–H and O–H groups in total. The van der Waals surface area contributed by atoms with Gasteiger partial charge in [0.2, 0.25) is 0 Å². The van der Waals surface area contributed by atoms with E-state index in [-0.39, 0.29) is 18.1 Å². The van der Waals surface area contributed by atoms with Crippen molar-refractivity contribution in [1.82, 2.24) is 29.2 Å². The van der Waals surface area contributed by atoms with E-state index >= 15 is 0 Å². The van der Waals surface area contributed by atoms with Gasteiger partial charge in [-0.1, -0.05) is 0 Å². The van der Waals surface area contributed by atoms with Gasteiger partial charge in [-0.3, -0.25) is 19.2 Å². The van der Waals surface area contributed by atoms with Gasteiger partial charge in [0.1, 0.15) is 17.2 Å². The molecule has 0 saturated heterocycles. The van der Waals surface area contributed by atoms with Gasteiger partial charge in [0, 0.05) is 68.5 Å². The van der Waals surface area contributed by atoms with E-state index in [4.69, 9.17) is 0 Å². The number of nitrogens with one attached hydrogen (secondary N) is 2. The summed E-state index contributed by atoms with van der Waals surface area (Å²) in [5.74, 6) is 0.962. The van der Waals surface area contributed by atoms with Crippen LogP contribution in [0.4, 0.5) is 17.3 Å². The molecule has 11 heteroatoms. The van der Waals surface area contributed by atoms with Crippen LogP contribution in [-0.4, -0.2) is 48.0 Å². The summed E-state index contributed by atoms with van der Waals surface area (Å²) >= 11 is 0. The molecule has 0 aromatic carbocycles. The minimum Gasteiger partial charge on any atom is -0.392 e. The summed E-state index contributed by atoms with van der Waals surface area (Å²) in [5.41, 5.74) is 6.50. The van der Waals surface area contributed by atoms with Crippen molar-refractivity contribution >= 4 is 23.2 Å². The molecule has 0 atom stereocenters. The van der Waals surface area contributed by atoms with Crippen LogP contribution in [0.5, 0.6) is 0 Å². The Hall–Kier alpha value is -4.22. The van der Waals surface area contributed by atoms with Crippen LogP contribution in [0, 0.1) is 0 Å². The van der Waals surface area contributed by atoms with E-state index in [9.17, 15) is 14.7 Å². The SMILES string of the molecule is Cn1cc(-c2ccnc(N3CCn4c(cc5c4CCCC5)C3=O)c2CO)cc(Nc2cc3n(n2)CCNC3)c1=O. The highest BCUT2D eigenvalue weighted by Gasteiger charge is 2.32. The molecule has 7 rings (SSSR count). The number of aliphatic hydroxyl groups excluding tert-OH is 1. The Labute approximate surface area is 231 Å². The first-order valence-electron chi connectivity index (χ1n) is 13.9. The summed E-state index contributed by atoms with van der Waals surface area (Å²) in [6.45, 7) is 3.24. The number of amides is 1. The lowest BCUT2D eigenvalue weighted by molar-refractivity contribution is 0.0963. The first kappa shape index (κ1) is 24.8. The second-order valence-electron chi connectivity index (χ2n) is 10.7. The zero-order valence-electron chi connectivity index (χ0n) is 22.5. The standard InChI is InChI=1S/C29H32N8O3/c1-34-16-19(12-23(28(34)39)32-26-14-20-15-30-8-9-37(20)33-26)21-6-7-31-27(22(21)17-38)36-11-10-35-24-5-3-2-4-18(24)13-25(35)29(36)40/h6-7,12-14,16,30,38H,2-5,8-11,15,17H2,1H3,(H,32,33). The third-order valence-corrected chi connectivity index (χ3v) is 8.29. The fraction of sp³-hybridized carbons (Fsp3) is 0.379. The molecule has 6 heterocycles. The van der Waals surface area contributed by atoms with Gasteiger partial charge < -0.3 is 24.9 Å². The van der Waals surface area contributed by atoms with E-state index in [0.717, 1.165) is 56.6 Å². The van der Waals surface area contributed by atoms with Gasteiger partial charge in [0.25, 0.3) is 11.5 Å². The second kappa shape index (κ2) is 9.76. The highest BCUT2D eigenvalue weighted by molar-refractivity contribution is 6.06. The van der Waals surface area contributed by atoms with Crippen LogP contribution in [0.25, 0.3) is 11.1 Å². The first-order chi connectivity index (χ1) is 19.5. The lowest BCUT2D eigenvalue weighted by Crippen LogP contribution is -2.41. The molecule has 0 unspecified atom stereocenters. The van der Waals surface area contributed by atoms with Crippen molar-refractivity contribution < 1.29 is 9.90 Å². The minimum atomic E-state index is -0.299. The third-order valence-electron chi connectivity index (χ3n) is 8.29. The fourth-order valence-corrected chi connectivity index (χ4v) is 6.32. The number of hydrogen-bond donors (Lipinski definition) is 3. The molecule has 4 aromatic heterocycles. The molecule has 3 aliphatic rings. The predicted octanol–water partition coefficient (Wildman–Crippen LogP) is 2.32. The van der Waals surface area contributed by atoms with E-state index in [2.05, 4.69) is 25.3 Å². The van der Waals surface area contributed by atoms with Gasteiger partial charge in [-0.25, -0.2) is 4.98 Å². The van der Waals surface area contributed by atoms with E-state index in [1.165, 1.54) is 15.8 Å². The van der Waals surface area contributed by atoms with Crippen molar-refractivity contribution in [3.63, 3.8) is 0 Å². The van der Waals surface area contributed by atoms with Gasteiger partial charge in [-0.15, -0.1) is 0 Å². The number of aromatic nitrogens is 5. The van der Waals surface area contributed by atoms with Crippen molar-refractivity contribution in [1.29, 1.82) is 0 Å². The maximum atomic E-state index is 13.7. The Morgan fingerprint density at radius 2 is 1.98 bits per heavy atom. The number of aliphatic hydroxyl groups is 1. The number of fused-ring (bicyclic) bond motifs is 4. The summed E-state index contributed by atoms with van der Waals surface area (Å²) in [6, 6.07) is 7.57. The van der Waals surface area contributed by atoms with Crippen molar-refractivity contribution in [2.75, 3.05) is 23.3 Å². The normalized spacial score (nSPS) is 16.4. The molecule has 0 fully saturated rings. The lowest BCUT2D eigenvalue weighted by Gasteiger charge is -2.30. The fourth-order valence-electron chi connectivity index (χ4n) is 6.32. The number of hydrogen-bond acceptors (Lipinski definition) is 7. The lowest BCUT2D eigenvalue weighted by atomic mass is 9.98. The number of nitrogens with zero attached hydrogens (tertiary/aromatic N) is 6. The van der Waals surface area contributed by atoms with Crippen LogP contribution >= 0.6 is 0 Å². The Morgan fingerprint density at radius 3 is 2.83 bits per heavy atom. The van der Waals surface area contributed by atoms with Gasteiger partial charge in [-0.2, -0.15) is 5.10 Å². The van der Waals surface area contributed by atoms with Crippen molar-refractivity contribution in [3.05, 3.63) is 75.2 Å². The molecule has 1 amide bonds. The van der Waals surface area contributed by atoms with Crippen LogP contribution < -0.4 is 21.1 Å². The van der Waals surface area contributed by atoms with E-state index in [1.54, 1.807) is 30.4 Å². The first-order valence-corrected chi connectivity index (χ1v) is 13.9. The summed E-state index contributed by atoms with van der Waals surface area (Å²) in [5, 5.41) is 21.7. The van der Waals surface area contributed by atoms with E-state index in [1.807, 2.05) is 22.9 Å². The second-order valence-corrected chi connectivity index (χ2v) is 10.7. The summed E-state index contributed by atoms with van der Waals surface area (Å²) < 4.78 is 5.62. The Morgan fingerprint density at radius 1 is 1.10 bits per heavy atom. The van der Waals surface area contributed by atoms with Crippen LogP contribution in [-0.2, 0) is 46.1 Å². The molecule has 2 aliphatic heterocycles. The van der Waals surface area contributed by atoms with Crippen molar-refractivity contribution in [2.24, 2.45) is 7.05 Å². The zero-order valence-corrected chi connectivity index (χ0v) is 22.5. The number of pyridine rings is 2. The summed E-state index contributed by atoms with van der Waals surface area (Å²) in [4.78, 5) is 33.0. The molecule has 0 radical (unpaired) electrons. The van der Waals surface area contributed by atoms with Crippen LogP contribution in [0.2, 0.25) is 0 Å². The molecule has 11 nitrogen and oxygen atoms in total. The Bertz CT molecular complexity index is 1670. The third kappa shape index (κ3) is 4.04. The van der Waals surface area contributed by atoms with Crippen molar-refractivity contribution in [3.8, 4) is 11.1 Å². The quantitative estimate of drug-likeness (QED) is 0.355. The van der Waals surface area contributed by atoms with E-state index < -0.39 is 0 Å². The number of aryl methyl sites for hydroxylation is 2. The average Bonchev–Trinajstić information content (AvgIpc) is 3.56. The highest BCUT2D eigenvalue weighted by atomic mass is 16.3. The monoisotopic (exact) mass is 540 g/mol. The Kier molecular flexibility index (Phi) is 6.05. The van der Waals surface area contributed by atoms with E-state index in [0.29, 0.717) is 47.2 Å². The summed E-state index contributed by atoms with van der Waals surface area (Å²) in [7, 11) is 1.70. The van der Waals surface area contributed by atoms with Crippen molar-refractivity contribution in [2.45, 2.75) is 51.9 Å². The minimum absolute atomic E-state index is 0.0962. The predicted molar refractivity (Wildman–Crippen MR) is 151 cm³/mol. The van der Waals surface area contributed by atoms with Gasteiger partial charge in [-0.05, 0) is 55.0 Å². The number of anilines is 3. The molecule has 0 saturated carbocycles. The van der Waals surface area contributed by atoms with Gasteiger partial charge >= 0.3 is 0 Å². The molecule has 0 spiro atoms. The molecule has 206 valence electrons. The number of rotatable bonds is 5. The topological polar surface area (TPSA) is 122 Å². The molecule has 40 heavy (non-hydrogen) atoms. The van der Waals surface area contributed by atoms with Crippen LogP contribution in [0.1, 0.15) is 45.8 Å². The molecular weight excluding hydrogens is 508 g/mol. The van der Waals surface area contributed by atoms with Gasteiger partial charge in [0.15, 0.2) is 5.82 Å². The molecule has 4 aromatic rings. The maximum absolute atomic E-state index is 13.7. The summed E-state index contributed by atoms with van der Waals surface area (Å²) in [6.07, 6.45) is 7.74. The highest BCUT2D eigenvalue weighted by Crippen LogP contribution is 2.34. The zero-order chi connectivity index (χ0) is 27.4. The molecular formula is C29H32N8O3. The van der Waals surface area contributed by atoms with Crippen LogP contribution in [0.15, 0.2) is 41.5 Å². The number of carbonyl (C=O) groups is 1. The smallest absolute Gasteiger partial charge is 0.276 e. The molecule has 0 bridgehead atoms. The molecule has 1 aliphatic carbocycles. The largest absolute Gasteiger partial charge is 0.392 e. The average molecular weight is 541 g/mol.